The molecule has 1 unspecified atom stereocenters. The van der Waals surface area contributed by atoms with E-state index in [-0.39, 0.29) is 12.5 Å². The number of hydrogen-bond acceptors (Lipinski definition) is 4. The maximum atomic E-state index is 12.1. The van der Waals surface area contributed by atoms with E-state index >= 15 is 0 Å². The summed E-state index contributed by atoms with van der Waals surface area (Å²) < 4.78 is 0. The molecule has 0 aromatic heterocycles. The number of carbonyl (C=O) groups excluding carboxylic acids is 4. The summed E-state index contributed by atoms with van der Waals surface area (Å²) >= 11 is 0. The molecule has 0 aromatic carbocycles. The quantitative estimate of drug-likeness (QED) is 0.692. The van der Waals surface area contributed by atoms with Crippen LogP contribution < -0.4 is 10.6 Å². The molecule has 0 aromatic rings. The van der Waals surface area contributed by atoms with Crippen LogP contribution in [0.5, 0.6) is 0 Å². The molecule has 0 radical (unpaired) electrons. The minimum Gasteiger partial charge on any atom is -0.347 e. The van der Waals surface area contributed by atoms with Gasteiger partial charge >= 0.3 is 0 Å². The molecule has 0 spiro atoms. The number of hydrogen-bond donors (Lipinski definition) is 2. The fraction of sp³-hybridized carbons (Fsp3) is 0.778. The lowest BCUT2D eigenvalue weighted by molar-refractivity contribution is -0.143. The zero-order valence-electron chi connectivity index (χ0n) is 16.2. The molecule has 1 atom stereocenters. The van der Waals surface area contributed by atoms with Crippen molar-refractivity contribution in [1.82, 2.24) is 10.6 Å². The molecule has 0 aliphatic rings. The average molecular weight is 340 g/mol. The van der Waals surface area contributed by atoms with Crippen LogP contribution in [-0.4, -0.2) is 36.0 Å². The SMILES string of the molecule is CC(C)CC(CNC(=O)C(=O)C(C)(C)C)NC(=O)C(=O)C(C)(C)C. The van der Waals surface area contributed by atoms with Crippen LogP contribution in [0, 0.1) is 16.7 Å². The van der Waals surface area contributed by atoms with Gasteiger partial charge in [0.05, 0.1) is 0 Å². The van der Waals surface area contributed by atoms with E-state index in [9.17, 15) is 19.2 Å². The lowest BCUT2D eigenvalue weighted by atomic mass is 9.89. The van der Waals surface area contributed by atoms with Crippen molar-refractivity contribution >= 4 is 23.4 Å². The van der Waals surface area contributed by atoms with Gasteiger partial charge in [-0.05, 0) is 12.3 Å². The second kappa shape index (κ2) is 8.40. The molecule has 0 fully saturated rings. The van der Waals surface area contributed by atoms with Crippen LogP contribution in [0.4, 0.5) is 0 Å². The molecule has 0 rings (SSSR count). The Morgan fingerprint density at radius 1 is 0.792 bits per heavy atom. The van der Waals surface area contributed by atoms with Crippen molar-refractivity contribution in [2.75, 3.05) is 6.54 Å². The highest BCUT2D eigenvalue weighted by molar-refractivity contribution is 6.38. The zero-order valence-corrected chi connectivity index (χ0v) is 16.2. The Hall–Kier alpha value is -1.72. The van der Waals surface area contributed by atoms with Crippen LogP contribution in [0.3, 0.4) is 0 Å². The first kappa shape index (κ1) is 22.3. The van der Waals surface area contributed by atoms with Crippen molar-refractivity contribution in [1.29, 1.82) is 0 Å². The maximum absolute atomic E-state index is 12.1. The van der Waals surface area contributed by atoms with Gasteiger partial charge in [0.2, 0.25) is 11.6 Å². The topological polar surface area (TPSA) is 92.3 Å². The molecule has 6 heteroatoms. The third-order valence-electron chi connectivity index (χ3n) is 3.37. The Kier molecular flexibility index (Phi) is 7.80. The smallest absolute Gasteiger partial charge is 0.288 e. The largest absolute Gasteiger partial charge is 0.347 e. The molecule has 0 bridgehead atoms. The summed E-state index contributed by atoms with van der Waals surface area (Å²) in [6, 6.07) is -0.402. The molecule has 2 N–H and O–H groups in total. The fourth-order valence-corrected chi connectivity index (χ4v) is 1.99. The lowest BCUT2D eigenvalue weighted by Crippen LogP contribution is -2.50. The monoisotopic (exact) mass is 340 g/mol. The predicted molar refractivity (Wildman–Crippen MR) is 93.3 cm³/mol. The van der Waals surface area contributed by atoms with Crippen molar-refractivity contribution in [3.8, 4) is 0 Å². The van der Waals surface area contributed by atoms with Gasteiger partial charge in [0.1, 0.15) is 0 Å². The van der Waals surface area contributed by atoms with Crippen LogP contribution in [0.25, 0.3) is 0 Å². The van der Waals surface area contributed by atoms with E-state index in [1.165, 1.54) is 0 Å². The summed E-state index contributed by atoms with van der Waals surface area (Å²) in [6.45, 7) is 14.1. The summed E-state index contributed by atoms with van der Waals surface area (Å²) in [7, 11) is 0. The number of rotatable bonds is 7. The summed E-state index contributed by atoms with van der Waals surface area (Å²) in [6.07, 6.45) is 0.590. The van der Waals surface area contributed by atoms with Crippen LogP contribution in [0.2, 0.25) is 0 Å². The fourth-order valence-electron chi connectivity index (χ4n) is 1.99. The maximum Gasteiger partial charge on any atom is 0.288 e. The highest BCUT2D eigenvalue weighted by Crippen LogP contribution is 2.16. The van der Waals surface area contributed by atoms with Crippen LogP contribution in [0.1, 0.15) is 61.8 Å². The number of amides is 2. The van der Waals surface area contributed by atoms with Gasteiger partial charge in [0, 0.05) is 23.4 Å². The molecule has 0 aliphatic carbocycles. The van der Waals surface area contributed by atoms with Crippen molar-refractivity contribution in [2.24, 2.45) is 16.7 Å². The van der Waals surface area contributed by atoms with E-state index in [1.807, 2.05) is 13.8 Å². The van der Waals surface area contributed by atoms with E-state index in [1.54, 1.807) is 41.5 Å². The van der Waals surface area contributed by atoms with Gasteiger partial charge in [0.25, 0.3) is 11.8 Å². The minimum atomic E-state index is -0.766. The Morgan fingerprint density at radius 3 is 1.58 bits per heavy atom. The second-order valence-electron chi connectivity index (χ2n) is 8.67. The summed E-state index contributed by atoms with van der Waals surface area (Å²) in [5.41, 5.74) is -1.53. The normalized spacial score (nSPS) is 13.4. The molecule has 0 heterocycles. The zero-order chi connectivity index (χ0) is 19.3. The highest BCUT2D eigenvalue weighted by atomic mass is 16.2. The van der Waals surface area contributed by atoms with E-state index in [0.717, 1.165) is 0 Å². The minimum absolute atomic E-state index is 0.113. The Bertz CT molecular complexity index is 496. The van der Waals surface area contributed by atoms with Gasteiger partial charge < -0.3 is 10.6 Å². The number of carbonyl (C=O) groups is 4. The molecular formula is C18H32N2O4. The van der Waals surface area contributed by atoms with Gasteiger partial charge in [-0.3, -0.25) is 19.2 Å². The molecule has 6 nitrogen and oxygen atoms in total. The van der Waals surface area contributed by atoms with Crippen molar-refractivity contribution in [2.45, 2.75) is 67.9 Å². The van der Waals surface area contributed by atoms with Crippen LogP contribution >= 0.6 is 0 Å². The average Bonchev–Trinajstić information content (AvgIpc) is 2.39. The molecule has 2 amide bonds. The van der Waals surface area contributed by atoms with Gasteiger partial charge in [-0.2, -0.15) is 0 Å². The van der Waals surface area contributed by atoms with Gasteiger partial charge in [-0.15, -0.1) is 0 Å². The Balaban J connectivity index is 4.86. The third kappa shape index (κ3) is 7.70. The van der Waals surface area contributed by atoms with E-state index < -0.39 is 40.3 Å². The number of Topliss-reactive ketones (excluding diaryl/α,β-unsaturated/α-hetero) is 2. The van der Waals surface area contributed by atoms with Crippen molar-refractivity contribution in [3.05, 3.63) is 0 Å². The molecule has 138 valence electrons. The van der Waals surface area contributed by atoms with Gasteiger partial charge in [0.15, 0.2) is 0 Å². The molecule has 0 saturated carbocycles. The molecule has 0 saturated heterocycles. The summed E-state index contributed by atoms with van der Waals surface area (Å²) in [4.78, 5) is 47.9. The van der Waals surface area contributed by atoms with Crippen molar-refractivity contribution in [3.63, 3.8) is 0 Å². The first-order valence-corrected chi connectivity index (χ1v) is 8.34. The predicted octanol–water partition coefficient (Wildman–Crippen LogP) is 1.86. The van der Waals surface area contributed by atoms with E-state index in [2.05, 4.69) is 10.6 Å². The molecule has 24 heavy (non-hydrogen) atoms. The second-order valence-corrected chi connectivity index (χ2v) is 8.67. The van der Waals surface area contributed by atoms with E-state index in [4.69, 9.17) is 0 Å². The first-order valence-electron chi connectivity index (χ1n) is 8.34. The third-order valence-corrected chi connectivity index (χ3v) is 3.37. The lowest BCUT2D eigenvalue weighted by Gasteiger charge is -2.24. The highest BCUT2D eigenvalue weighted by Gasteiger charge is 2.31. The Morgan fingerprint density at radius 2 is 1.21 bits per heavy atom. The standard InChI is InChI=1S/C18H32N2O4/c1-11(2)9-12(20-16(24)14(22)18(6,7)8)10-19-15(23)13(21)17(3,4)5/h11-12H,9-10H2,1-8H3,(H,19,23)(H,20,24). The van der Waals surface area contributed by atoms with Crippen LogP contribution in [0.15, 0.2) is 0 Å². The first-order chi connectivity index (χ1) is 10.7. The number of ketones is 2. The van der Waals surface area contributed by atoms with Crippen LogP contribution in [-0.2, 0) is 19.2 Å². The molecule has 0 aliphatic heterocycles. The van der Waals surface area contributed by atoms with E-state index in [0.29, 0.717) is 6.42 Å². The summed E-state index contributed by atoms with van der Waals surface area (Å²) in [5.74, 6) is -2.09. The summed E-state index contributed by atoms with van der Waals surface area (Å²) in [5, 5.41) is 5.24. The van der Waals surface area contributed by atoms with Gasteiger partial charge in [-0.25, -0.2) is 0 Å². The molecular weight excluding hydrogens is 308 g/mol. The number of nitrogens with one attached hydrogen (secondary N) is 2. The van der Waals surface area contributed by atoms with Crippen molar-refractivity contribution < 1.29 is 19.2 Å². The van der Waals surface area contributed by atoms with Gasteiger partial charge in [-0.1, -0.05) is 55.4 Å². The Labute approximate surface area is 145 Å².